The number of aromatic amines is 1. The highest BCUT2D eigenvalue weighted by atomic mass is 16.1. The summed E-state index contributed by atoms with van der Waals surface area (Å²) in [5.41, 5.74) is 9.50. The summed E-state index contributed by atoms with van der Waals surface area (Å²) in [7, 11) is 0. The molecule has 6 heteroatoms. The van der Waals surface area contributed by atoms with E-state index in [9.17, 15) is 4.79 Å². The molecule has 0 bridgehead atoms. The first kappa shape index (κ1) is 15.0. The summed E-state index contributed by atoms with van der Waals surface area (Å²) in [4.78, 5) is 28.1. The Balaban J connectivity index is 1.88. The quantitative estimate of drug-likeness (QED) is 0.589. The molecule has 0 amide bonds. The molecule has 0 radical (unpaired) electrons. The summed E-state index contributed by atoms with van der Waals surface area (Å²) in [6.07, 6.45) is 0. The number of aryl methyl sites for hydroxylation is 1. The predicted molar refractivity (Wildman–Crippen MR) is 98.0 cm³/mol. The number of benzene rings is 2. The van der Waals surface area contributed by atoms with E-state index in [4.69, 9.17) is 5.73 Å². The largest absolute Gasteiger partial charge is 0.368 e. The van der Waals surface area contributed by atoms with E-state index in [0.29, 0.717) is 28.1 Å². The number of aromatic nitrogens is 4. The molecule has 4 rings (SSSR count). The van der Waals surface area contributed by atoms with Gasteiger partial charge < -0.3 is 10.7 Å². The third-order valence-electron chi connectivity index (χ3n) is 3.95. The average molecular weight is 329 g/mol. The fraction of sp³-hybridized carbons (Fsp3) is 0.0526. The second-order valence-electron chi connectivity index (χ2n) is 5.79. The van der Waals surface area contributed by atoms with Gasteiger partial charge in [0.25, 0.3) is 5.56 Å². The van der Waals surface area contributed by atoms with Gasteiger partial charge in [-0.15, -0.1) is 0 Å². The number of nitrogens with zero attached hydrogens (tertiary/aromatic N) is 3. The third kappa shape index (κ3) is 2.85. The fourth-order valence-corrected chi connectivity index (χ4v) is 2.67. The molecular weight excluding hydrogens is 314 g/mol. The average Bonchev–Trinajstić information content (AvgIpc) is 2.62. The number of hydrogen-bond donors (Lipinski definition) is 2. The zero-order valence-electron chi connectivity index (χ0n) is 13.5. The molecule has 0 aliphatic carbocycles. The van der Waals surface area contributed by atoms with Crippen molar-refractivity contribution in [2.24, 2.45) is 0 Å². The van der Waals surface area contributed by atoms with Gasteiger partial charge >= 0.3 is 0 Å². The molecule has 0 unspecified atom stereocenters. The molecule has 6 nitrogen and oxygen atoms in total. The van der Waals surface area contributed by atoms with Crippen LogP contribution in [0.5, 0.6) is 0 Å². The van der Waals surface area contributed by atoms with Crippen LogP contribution in [-0.2, 0) is 0 Å². The molecule has 0 aliphatic heterocycles. The minimum atomic E-state index is -0.213. The Morgan fingerprint density at radius 2 is 1.64 bits per heavy atom. The Morgan fingerprint density at radius 3 is 2.44 bits per heavy atom. The summed E-state index contributed by atoms with van der Waals surface area (Å²) >= 11 is 0. The lowest BCUT2D eigenvalue weighted by Crippen LogP contribution is -2.10. The molecule has 0 aliphatic rings. The van der Waals surface area contributed by atoms with E-state index in [2.05, 4.69) is 19.9 Å². The predicted octanol–water partition coefficient (Wildman–Crippen LogP) is 2.94. The molecule has 2 aromatic carbocycles. The lowest BCUT2D eigenvalue weighted by atomic mass is 10.1. The van der Waals surface area contributed by atoms with Crippen LogP contribution in [0.1, 0.15) is 5.56 Å². The van der Waals surface area contributed by atoms with Crippen molar-refractivity contribution in [3.05, 3.63) is 70.5 Å². The molecule has 2 aromatic heterocycles. The van der Waals surface area contributed by atoms with Gasteiger partial charge in [0, 0.05) is 5.56 Å². The van der Waals surface area contributed by atoms with Crippen molar-refractivity contribution < 1.29 is 0 Å². The van der Waals surface area contributed by atoms with Crippen molar-refractivity contribution in [2.75, 3.05) is 5.73 Å². The van der Waals surface area contributed by atoms with E-state index in [-0.39, 0.29) is 11.5 Å². The molecule has 25 heavy (non-hydrogen) atoms. The van der Waals surface area contributed by atoms with Gasteiger partial charge in [0.15, 0.2) is 5.82 Å². The van der Waals surface area contributed by atoms with Crippen LogP contribution in [0.25, 0.3) is 33.7 Å². The Hall–Kier alpha value is -3.54. The Labute approximate surface area is 143 Å². The highest BCUT2D eigenvalue weighted by Crippen LogP contribution is 2.23. The van der Waals surface area contributed by atoms with E-state index >= 15 is 0 Å². The summed E-state index contributed by atoms with van der Waals surface area (Å²) in [6.45, 7) is 2.02. The van der Waals surface area contributed by atoms with Gasteiger partial charge in [0.05, 0.1) is 16.6 Å². The number of nitrogen functional groups attached to an aromatic ring is 1. The zero-order chi connectivity index (χ0) is 17.4. The first-order valence-corrected chi connectivity index (χ1v) is 7.81. The van der Waals surface area contributed by atoms with Crippen molar-refractivity contribution in [3.63, 3.8) is 0 Å². The number of anilines is 1. The Morgan fingerprint density at radius 1 is 0.920 bits per heavy atom. The summed E-state index contributed by atoms with van der Waals surface area (Å²) in [5, 5.41) is 0.534. The minimum Gasteiger partial charge on any atom is -0.368 e. The summed E-state index contributed by atoms with van der Waals surface area (Å²) in [6, 6.07) is 16.9. The maximum atomic E-state index is 12.3. The van der Waals surface area contributed by atoms with Crippen molar-refractivity contribution in [2.45, 2.75) is 6.92 Å². The molecule has 2 heterocycles. The minimum absolute atomic E-state index is 0.129. The van der Waals surface area contributed by atoms with Crippen molar-refractivity contribution >= 4 is 16.9 Å². The molecular formula is C19H15N5O. The van der Waals surface area contributed by atoms with E-state index in [0.717, 1.165) is 11.1 Å². The highest BCUT2D eigenvalue weighted by molar-refractivity contribution is 5.79. The normalized spacial score (nSPS) is 10.9. The van der Waals surface area contributed by atoms with Crippen LogP contribution in [0, 0.1) is 6.92 Å². The van der Waals surface area contributed by atoms with Crippen molar-refractivity contribution in [1.82, 2.24) is 19.9 Å². The third-order valence-corrected chi connectivity index (χ3v) is 3.95. The lowest BCUT2D eigenvalue weighted by Gasteiger charge is -2.07. The van der Waals surface area contributed by atoms with E-state index < -0.39 is 0 Å². The van der Waals surface area contributed by atoms with E-state index in [1.165, 1.54) is 0 Å². The molecule has 0 saturated heterocycles. The topological polar surface area (TPSA) is 97.5 Å². The monoisotopic (exact) mass is 329 g/mol. The van der Waals surface area contributed by atoms with Gasteiger partial charge in [-0.2, -0.15) is 0 Å². The molecule has 0 saturated carbocycles. The number of rotatable bonds is 2. The van der Waals surface area contributed by atoms with Crippen LogP contribution in [0.3, 0.4) is 0 Å². The van der Waals surface area contributed by atoms with Crippen LogP contribution in [0.15, 0.2) is 59.4 Å². The summed E-state index contributed by atoms with van der Waals surface area (Å²) in [5.74, 6) is 0.495. The number of nitrogens with one attached hydrogen (secondary N) is 1. The van der Waals surface area contributed by atoms with Gasteiger partial charge in [0.2, 0.25) is 5.95 Å². The van der Waals surface area contributed by atoms with E-state index in [1.807, 2.05) is 37.3 Å². The first-order chi connectivity index (χ1) is 12.1. The van der Waals surface area contributed by atoms with Crippen molar-refractivity contribution in [1.29, 1.82) is 0 Å². The Bertz CT molecular complexity index is 1130. The molecule has 122 valence electrons. The van der Waals surface area contributed by atoms with Gasteiger partial charge in [-0.1, -0.05) is 42.0 Å². The van der Waals surface area contributed by atoms with Gasteiger partial charge in [-0.25, -0.2) is 15.0 Å². The summed E-state index contributed by atoms with van der Waals surface area (Å²) < 4.78 is 0. The van der Waals surface area contributed by atoms with Crippen LogP contribution >= 0.6 is 0 Å². The zero-order valence-corrected chi connectivity index (χ0v) is 13.5. The smallest absolute Gasteiger partial charge is 0.259 e. The molecule has 0 atom stereocenters. The van der Waals surface area contributed by atoms with Gasteiger partial charge in [-0.05, 0) is 25.1 Å². The number of hydrogen-bond acceptors (Lipinski definition) is 5. The second kappa shape index (κ2) is 5.83. The fourth-order valence-electron chi connectivity index (χ4n) is 2.67. The molecule has 0 fully saturated rings. The SMILES string of the molecule is Cc1ccc(-c2cc(-c3nc4ccccc4c(=O)[nH]3)nc(N)n2)cc1. The first-order valence-electron chi connectivity index (χ1n) is 7.81. The van der Waals surface area contributed by atoms with E-state index in [1.54, 1.807) is 24.3 Å². The Kier molecular flexibility index (Phi) is 3.50. The lowest BCUT2D eigenvalue weighted by molar-refractivity contribution is 1.12. The molecule has 3 N–H and O–H groups in total. The van der Waals surface area contributed by atoms with Crippen LogP contribution in [0.2, 0.25) is 0 Å². The van der Waals surface area contributed by atoms with Crippen molar-refractivity contribution in [3.8, 4) is 22.8 Å². The van der Waals surface area contributed by atoms with Gasteiger partial charge in [-0.3, -0.25) is 4.79 Å². The van der Waals surface area contributed by atoms with Crippen LogP contribution < -0.4 is 11.3 Å². The number of nitrogens with two attached hydrogens (primary N) is 1. The standard InChI is InChI=1S/C19H15N5O/c1-11-6-8-12(9-7-11)15-10-16(23-19(20)22-15)17-21-14-5-3-2-4-13(14)18(25)24-17/h2-10H,1H3,(H2,20,22,23)(H,21,24,25). The highest BCUT2D eigenvalue weighted by Gasteiger charge is 2.11. The molecule has 4 aromatic rings. The maximum Gasteiger partial charge on any atom is 0.259 e. The second-order valence-corrected chi connectivity index (χ2v) is 5.79. The van der Waals surface area contributed by atoms with Crippen LogP contribution in [0.4, 0.5) is 5.95 Å². The van der Waals surface area contributed by atoms with Crippen LogP contribution in [-0.4, -0.2) is 19.9 Å². The molecule has 0 spiro atoms. The number of H-pyrrole nitrogens is 1. The maximum absolute atomic E-state index is 12.3. The number of fused-ring (bicyclic) bond motifs is 1. The van der Waals surface area contributed by atoms with Gasteiger partial charge in [0.1, 0.15) is 5.69 Å². The number of para-hydroxylation sites is 1.